The van der Waals surface area contributed by atoms with Gasteiger partial charge in [-0.05, 0) is 57.9 Å². The Labute approximate surface area is 126 Å². The summed E-state index contributed by atoms with van der Waals surface area (Å²) in [4.78, 5) is 0. The summed E-state index contributed by atoms with van der Waals surface area (Å²) in [5.41, 5.74) is 4.21. The van der Waals surface area contributed by atoms with E-state index >= 15 is 0 Å². The fraction of sp³-hybridized carbons (Fsp3) is 0.294. The Bertz CT molecular complexity index is 639. The van der Waals surface area contributed by atoms with Gasteiger partial charge < -0.3 is 5.11 Å². The van der Waals surface area contributed by atoms with Gasteiger partial charge in [-0.25, -0.2) is 4.39 Å². The zero-order chi connectivity index (χ0) is 14.1. The summed E-state index contributed by atoms with van der Waals surface area (Å²) in [5, 5.41) is 10.3. The Morgan fingerprint density at radius 3 is 2.80 bits per heavy atom. The molecule has 1 N–H and O–H groups in total. The summed E-state index contributed by atoms with van der Waals surface area (Å²) in [6, 6.07) is 11.4. The topological polar surface area (TPSA) is 20.2 Å². The number of halogens is 2. The largest absolute Gasteiger partial charge is 0.388 e. The zero-order valence-electron chi connectivity index (χ0n) is 11.1. The number of rotatable bonds is 3. The van der Waals surface area contributed by atoms with Gasteiger partial charge in [-0.2, -0.15) is 0 Å². The maximum Gasteiger partial charge on any atom is 0.143 e. The van der Waals surface area contributed by atoms with Crippen molar-refractivity contribution < 1.29 is 9.50 Å². The molecule has 1 aliphatic rings. The van der Waals surface area contributed by atoms with Gasteiger partial charge in [0.2, 0.25) is 0 Å². The predicted octanol–water partition coefficient (Wildman–Crippen LogP) is 4.35. The lowest BCUT2D eigenvalue weighted by molar-refractivity contribution is 0.173. The van der Waals surface area contributed by atoms with Crippen LogP contribution in [0.15, 0.2) is 40.9 Å². The van der Waals surface area contributed by atoms with Crippen molar-refractivity contribution in [3.63, 3.8) is 0 Å². The Balaban J connectivity index is 1.82. The number of hydrogen-bond donors (Lipinski definition) is 1. The molecule has 1 aliphatic carbocycles. The third kappa shape index (κ3) is 2.65. The molecule has 0 aliphatic heterocycles. The second-order valence-corrected chi connectivity index (χ2v) is 6.17. The van der Waals surface area contributed by atoms with E-state index in [1.807, 2.05) is 6.07 Å². The first kappa shape index (κ1) is 13.8. The van der Waals surface area contributed by atoms with Crippen LogP contribution in [0.4, 0.5) is 4.39 Å². The highest BCUT2D eigenvalue weighted by Crippen LogP contribution is 2.28. The molecule has 104 valence electrons. The zero-order valence-corrected chi connectivity index (χ0v) is 12.7. The summed E-state index contributed by atoms with van der Waals surface area (Å²) >= 11 is 3.15. The van der Waals surface area contributed by atoms with E-state index in [1.54, 1.807) is 18.2 Å². The molecule has 0 radical (unpaired) electrons. The quantitative estimate of drug-likeness (QED) is 0.884. The molecule has 20 heavy (non-hydrogen) atoms. The van der Waals surface area contributed by atoms with Gasteiger partial charge in [-0.15, -0.1) is 0 Å². The van der Waals surface area contributed by atoms with Gasteiger partial charge in [0.05, 0.1) is 10.6 Å². The number of aliphatic hydroxyl groups excluding tert-OH is 1. The van der Waals surface area contributed by atoms with Crippen molar-refractivity contribution in [1.82, 2.24) is 0 Å². The van der Waals surface area contributed by atoms with Gasteiger partial charge in [0.15, 0.2) is 0 Å². The second kappa shape index (κ2) is 5.66. The molecule has 2 aromatic carbocycles. The molecule has 1 atom stereocenters. The standard InChI is InChI=1S/C17H16BrFO/c18-15-6-2-5-14(17(15)19)16(20)10-11-7-8-12-3-1-4-13(12)9-11/h2,5-9,16,20H,1,3-4,10H2. The predicted molar refractivity (Wildman–Crippen MR) is 81.2 cm³/mol. The third-order valence-corrected chi connectivity index (χ3v) is 4.54. The van der Waals surface area contributed by atoms with Crippen LogP contribution in [0.5, 0.6) is 0 Å². The highest BCUT2D eigenvalue weighted by Gasteiger charge is 2.17. The average Bonchev–Trinajstić information content (AvgIpc) is 2.89. The number of aryl methyl sites for hydroxylation is 2. The fourth-order valence-corrected chi connectivity index (χ4v) is 3.24. The minimum absolute atomic E-state index is 0.347. The Kier molecular flexibility index (Phi) is 3.90. The summed E-state index contributed by atoms with van der Waals surface area (Å²) < 4.78 is 14.4. The van der Waals surface area contributed by atoms with Crippen LogP contribution in [-0.2, 0) is 19.3 Å². The first-order valence-electron chi connectivity index (χ1n) is 6.88. The van der Waals surface area contributed by atoms with Crippen LogP contribution in [0.2, 0.25) is 0 Å². The maximum atomic E-state index is 14.0. The highest BCUT2D eigenvalue weighted by atomic mass is 79.9. The number of benzene rings is 2. The van der Waals surface area contributed by atoms with Crippen molar-refractivity contribution in [2.75, 3.05) is 0 Å². The molecule has 0 fully saturated rings. The fourth-order valence-electron chi connectivity index (χ4n) is 2.86. The molecule has 2 aromatic rings. The van der Waals surface area contributed by atoms with Crippen molar-refractivity contribution in [3.8, 4) is 0 Å². The van der Waals surface area contributed by atoms with Gasteiger partial charge in [0, 0.05) is 12.0 Å². The van der Waals surface area contributed by atoms with E-state index in [9.17, 15) is 9.50 Å². The molecular formula is C17H16BrFO. The highest BCUT2D eigenvalue weighted by molar-refractivity contribution is 9.10. The van der Waals surface area contributed by atoms with Crippen molar-refractivity contribution in [2.45, 2.75) is 31.8 Å². The average molecular weight is 335 g/mol. The Morgan fingerprint density at radius 1 is 1.15 bits per heavy atom. The van der Waals surface area contributed by atoms with E-state index in [4.69, 9.17) is 0 Å². The molecule has 1 unspecified atom stereocenters. The molecule has 0 bridgehead atoms. The normalized spacial score (nSPS) is 15.2. The summed E-state index contributed by atoms with van der Waals surface area (Å²) in [6.07, 6.45) is 3.11. The SMILES string of the molecule is OC(Cc1ccc2c(c1)CCC2)c1cccc(Br)c1F. The van der Waals surface area contributed by atoms with E-state index in [1.165, 1.54) is 17.5 Å². The van der Waals surface area contributed by atoms with E-state index in [-0.39, 0.29) is 5.82 Å². The number of aliphatic hydroxyl groups is 1. The van der Waals surface area contributed by atoms with Gasteiger partial charge in [-0.3, -0.25) is 0 Å². The molecule has 0 saturated heterocycles. The molecule has 0 amide bonds. The van der Waals surface area contributed by atoms with Crippen molar-refractivity contribution in [2.24, 2.45) is 0 Å². The summed E-state index contributed by atoms with van der Waals surface area (Å²) in [7, 11) is 0. The second-order valence-electron chi connectivity index (χ2n) is 5.32. The van der Waals surface area contributed by atoms with E-state index in [0.717, 1.165) is 18.4 Å². The molecule has 0 spiro atoms. The van der Waals surface area contributed by atoms with Gasteiger partial charge in [0.1, 0.15) is 5.82 Å². The van der Waals surface area contributed by atoms with Crippen LogP contribution in [0.3, 0.4) is 0 Å². The maximum absolute atomic E-state index is 14.0. The van der Waals surface area contributed by atoms with Crippen LogP contribution in [0.25, 0.3) is 0 Å². The van der Waals surface area contributed by atoms with E-state index in [2.05, 4.69) is 28.1 Å². The molecule has 1 nitrogen and oxygen atoms in total. The van der Waals surface area contributed by atoms with E-state index < -0.39 is 6.10 Å². The van der Waals surface area contributed by atoms with Crippen molar-refractivity contribution in [3.05, 3.63) is 68.9 Å². The minimum Gasteiger partial charge on any atom is -0.388 e. The smallest absolute Gasteiger partial charge is 0.143 e. The molecule has 3 heteroatoms. The van der Waals surface area contributed by atoms with Gasteiger partial charge in [0.25, 0.3) is 0 Å². The lowest BCUT2D eigenvalue weighted by Crippen LogP contribution is -2.05. The van der Waals surface area contributed by atoms with Gasteiger partial charge in [-0.1, -0.05) is 30.3 Å². The van der Waals surface area contributed by atoms with E-state index in [0.29, 0.717) is 16.5 Å². The molecular weight excluding hydrogens is 319 g/mol. The van der Waals surface area contributed by atoms with Gasteiger partial charge >= 0.3 is 0 Å². The van der Waals surface area contributed by atoms with Crippen LogP contribution >= 0.6 is 15.9 Å². The van der Waals surface area contributed by atoms with Crippen LogP contribution in [-0.4, -0.2) is 5.11 Å². The molecule has 0 heterocycles. The molecule has 0 saturated carbocycles. The Morgan fingerprint density at radius 2 is 1.95 bits per heavy atom. The molecule has 3 rings (SSSR count). The first-order valence-corrected chi connectivity index (χ1v) is 7.67. The monoisotopic (exact) mass is 334 g/mol. The summed E-state index contributed by atoms with van der Waals surface area (Å²) in [5.74, 6) is -0.374. The Hall–Kier alpha value is -1.19. The third-order valence-electron chi connectivity index (χ3n) is 3.93. The molecule has 0 aromatic heterocycles. The van der Waals surface area contributed by atoms with Crippen molar-refractivity contribution in [1.29, 1.82) is 0 Å². The first-order chi connectivity index (χ1) is 9.65. The van der Waals surface area contributed by atoms with Crippen LogP contribution < -0.4 is 0 Å². The lowest BCUT2D eigenvalue weighted by atomic mass is 9.98. The van der Waals surface area contributed by atoms with Crippen LogP contribution in [0.1, 0.15) is 34.8 Å². The minimum atomic E-state index is -0.813. The van der Waals surface area contributed by atoms with Crippen LogP contribution in [0, 0.1) is 5.82 Å². The number of fused-ring (bicyclic) bond motifs is 1. The number of hydrogen-bond acceptors (Lipinski definition) is 1. The lowest BCUT2D eigenvalue weighted by Gasteiger charge is -2.13. The van der Waals surface area contributed by atoms with Crippen molar-refractivity contribution >= 4 is 15.9 Å². The summed E-state index contributed by atoms with van der Waals surface area (Å²) in [6.45, 7) is 0.